The molecule has 0 aromatic carbocycles. The average Bonchev–Trinajstić information content (AvgIpc) is 3.10. The minimum Gasteiger partial charge on any atom is -0.447 e. The largest absolute Gasteiger partial charge is 0.447 e. The maximum absolute atomic E-state index is 12.5. The molecule has 294 valence electrons. The van der Waals surface area contributed by atoms with E-state index >= 15 is 0 Å². The normalized spacial score (nSPS) is 25.4. The molecule has 0 spiro atoms. The number of alkyl carbamates (subject to hydrolysis) is 2. The summed E-state index contributed by atoms with van der Waals surface area (Å²) in [6, 6.07) is 0.309. The Morgan fingerprint density at radius 2 is 0.900 bits per heavy atom. The van der Waals surface area contributed by atoms with E-state index < -0.39 is 0 Å². The number of nitrogens with one attached hydrogen (secondary N) is 2. The van der Waals surface area contributed by atoms with Gasteiger partial charge < -0.3 is 48.5 Å². The number of ether oxygens (including phenoxy) is 8. The van der Waals surface area contributed by atoms with Crippen molar-refractivity contribution in [2.75, 3.05) is 46.8 Å². The SMILES string of the molecule is CCC(C)OCC(C)OCC(C)OCC(C)OC(=O)NC1CCC(CC2CCC(NC(=O)OCC(C)OCC(C)OCC(C)OC)CC2)CC1. The summed E-state index contributed by atoms with van der Waals surface area (Å²) in [5.41, 5.74) is 0. The van der Waals surface area contributed by atoms with Gasteiger partial charge in [-0.15, -0.1) is 0 Å². The quantitative estimate of drug-likeness (QED) is 0.110. The van der Waals surface area contributed by atoms with Crippen molar-refractivity contribution in [1.29, 1.82) is 0 Å². The van der Waals surface area contributed by atoms with E-state index in [1.165, 1.54) is 6.42 Å². The van der Waals surface area contributed by atoms with Gasteiger partial charge in [0.25, 0.3) is 0 Å². The van der Waals surface area contributed by atoms with Crippen molar-refractivity contribution in [2.45, 2.75) is 174 Å². The number of hydrogen-bond donors (Lipinski definition) is 2. The molecule has 0 heterocycles. The van der Waals surface area contributed by atoms with Crippen LogP contribution in [0.5, 0.6) is 0 Å². The summed E-state index contributed by atoms with van der Waals surface area (Å²) in [5.74, 6) is 1.37. The molecule has 0 bridgehead atoms. The Morgan fingerprint density at radius 1 is 0.520 bits per heavy atom. The van der Waals surface area contributed by atoms with Crippen molar-refractivity contribution in [3.05, 3.63) is 0 Å². The monoisotopic (exact) mass is 717 g/mol. The first kappa shape index (κ1) is 44.5. The maximum Gasteiger partial charge on any atom is 0.407 e. The molecule has 2 fully saturated rings. The van der Waals surface area contributed by atoms with Crippen molar-refractivity contribution in [3.63, 3.8) is 0 Å². The molecule has 7 unspecified atom stereocenters. The van der Waals surface area contributed by atoms with Gasteiger partial charge in [0.2, 0.25) is 0 Å². The van der Waals surface area contributed by atoms with E-state index in [0.717, 1.165) is 57.8 Å². The highest BCUT2D eigenvalue weighted by Crippen LogP contribution is 2.35. The zero-order valence-electron chi connectivity index (χ0n) is 32.7. The van der Waals surface area contributed by atoms with E-state index in [-0.39, 0.29) is 73.6 Å². The van der Waals surface area contributed by atoms with Gasteiger partial charge in [-0.2, -0.15) is 0 Å². The third-order valence-corrected chi connectivity index (χ3v) is 9.82. The molecule has 2 amide bonds. The summed E-state index contributed by atoms with van der Waals surface area (Å²) >= 11 is 0. The summed E-state index contributed by atoms with van der Waals surface area (Å²) in [7, 11) is 1.66. The van der Waals surface area contributed by atoms with Crippen LogP contribution >= 0.6 is 0 Å². The lowest BCUT2D eigenvalue weighted by atomic mass is 9.76. The second kappa shape index (κ2) is 25.3. The highest BCUT2D eigenvalue weighted by Gasteiger charge is 2.29. The summed E-state index contributed by atoms with van der Waals surface area (Å²) in [6.45, 7) is 18.2. The van der Waals surface area contributed by atoms with Crippen LogP contribution in [0.1, 0.15) is 120 Å². The smallest absolute Gasteiger partial charge is 0.407 e. The van der Waals surface area contributed by atoms with Crippen molar-refractivity contribution < 1.29 is 47.5 Å². The predicted octanol–water partition coefficient (Wildman–Crippen LogP) is 6.81. The van der Waals surface area contributed by atoms with Crippen LogP contribution in [0.25, 0.3) is 0 Å². The predicted molar refractivity (Wildman–Crippen MR) is 194 cm³/mol. The van der Waals surface area contributed by atoms with Gasteiger partial charge in [-0.1, -0.05) is 6.92 Å². The van der Waals surface area contributed by atoms with Gasteiger partial charge in [-0.05, 0) is 125 Å². The Bertz CT molecular complexity index is 897. The van der Waals surface area contributed by atoms with E-state index in [2.05, 4.69) is 24.5 Å². The lowest BCUT2D eigenvalue weighted by molar-refractivity contribution is -0.0790. The Balaban J connectivity index is 1.51. The van der Waals surface area contributed by atoms with E-state index in [0.29, 0.717) is 44.9 Å². The van der Waals surface area contributed by atoms with Gasteiger partial charge in [0.05, 0.1) is 69.7 Å². The topological polar surface area (TPSA) is 132 Å². The number of hydrogen-bond acceptors (Lipinski definition) is 10. The first-order valence-corrected chi connectivity index (χ1v) is 19.4. The fraction of sp³-hybridized carbons (Fsp3) is 0.947. The van der Waals surface area contributed by atoms with Crippen LogP contribution in [-0.4, -0.2) is 114 Å². The molecule has 0 radical (unpaired) electrons. The van der Waals surface area contributed by atoms with E-state index in [1.54, 1.807) is 7.11 Å². The summed E-state index contributed by atoms with van der Waals surface area (Å²) < 4.78 is 45.0. The highest BCUT2D eigenvalue weighted by molar-refractivity contribution is 5.68. The molecule has 0 aromatic rings. The molecule has 2 aliphatic carbocycles. The Hall–Kier alpha value is -1.70. The maximum atomic E-state index is 12.5. The van der Waals surface area contributed by atoms with E-state index in [9.17, 15) is 9.59 Å². The number of amides is 2. The fourth-order valence-electron chi connectivity index (χ4n) is 6.25. The van der Waals surface area contributed by atoms with Crippen LogP contribution in [-0.2, 0) is 37.9 Å². The van der Waals surface area contributed by atoms with Crippen molar-refractivity contribution in [1.82, 2.24) is 10.6 Å². The molecule has 12 heteroatoms. The van der Waals surface area contributed by atoms with Crippen molar-refractivity contribution >= 4 is 12.2 Å². The first-order chi connectivity index (χ1) is 23.9. The molecule has 2 saturated carbocycles. The molecule has 0 saturated heterocycles. The third-order valence-electron chi connectivity index (χ3n) is 9.82. The third kappa shape index (κ3) is 20.4. The van der Waals surface area contributed by atoms with Gasteiger partial charge >= 0.3 is 12.2 Å². The molecule has 0 aromatic heterocycles. The van der Waals surface area contributed by atoms with Gasteiger partial charge in [0.1, 0.15) is 12.7 Å². The number of methoxy groups -OCH3 is 1. The van der Waals surface area contributed by atoms with Gasteiger partial charge in [0.15, 0.2) is 0 Å². The van der Waals surface area contributed by atoms with E-state index in [4.69, 9.17) is 37.9 Å². The average molecular weight is 717 g/mol. The molecule has 7 atom stereocenters. The summed E-state index contributed by atoms with van der Waals surface area (Å²) in [4.78, 5) is 24.9. The zero-order valence-corrected chi connectivity index (χ0v) is 32.7. The molecule has 2 aliphatic rings. The number of rotatable bonds is 24. The number of carbonyl (C=O) groups excluding carboxylic acids is 2. The van der Waals surface area contributed by atoms with Gasteiger partial charge in [0, 0.05) is 19.2 Å². The van der Waals surface area contributed by atoms with Crippen LogP contribution in [0.4, 0.5) is 9.59 Å². The summed E-state index contributed by atoms with van der Waals surface area (Å²) in [6.07, 6.45) is 9.35. The molecule has 0 aliphatic heterocycles. The second-order valence-corrected chi connectivity index (χ2v) is 14.9. The summed E-state index contributed by atoms with van der Waals surface area (Å²) in [5, 5.41) is 6.11. The fourth-order valence-corrected chi connectivity index (χ4v) is 6.25. The minimum atomic E-state index is -0.374. The van der Waals surface area contributed by atoms with Crippen LogP contribution in [0, 0.1) is 11.8 Å². The van der Waals surface area contributed by atoms with Crippen LogP contribution in [0.2, 0.25) is 0 Å². The zero-order chi connectivity index (χ0) is 36.9. The molecule has 2 N–H and O–H groups in total. The lowest BCUT2D eigenvalue weighted by Gasteiger charge is -2.34. The van der Waals surface area contributed by atoms with E-state index in [1.807, 2.05) is 41.5 Å². The Kier molecular flexibility index (Phi) is 22.5. The standard InChI is InChI=1S/C38H72N2O10/c1-10-26(2)44-21-28(4)46-23-30(6)48-25-32(8)50-38(42)40-36-17-13-34(14-18-36)19-33-11-15-35(16-12-33)39-37(41)49-24-31(7)47-22-29(5)45-20-27(3)43-9/h26-36H,10-25H2,1-9H3,(H,39,41)(H,40,42). The Labute approximate surface area is 303 Å². The van der Waals surface area contributed by atoms with Crippen LogP contribution < -0.4 is 10.6 Å². The van der Waals surface area contributed by atoms with Crippen molar-refractivity contribution in [2.24, 2.45) is 11.8 Å². The van der Waals surface area contributed by atoms with Crippen LogP contribution in [0.3, 0.4) is 0 Å². The lowest BCUT2D eigenvalue weighted by Crippen LogP contribution is -2.40. The number of carbonyl (C=O) groups is 2. The molecule has 12 nitrogen and oxygen atoms in total. The second-order valence-electron chi connectivity index (χ2n) is 14.9. The Morgan fingerprint density at radius 3 is 1.34 bits per heavy atom. The molecular formula is C38H72N2O10. The van der Waals surface area contributed by atoms with Crippen LogP contribution in [0.15, 0.2) is 0 Å². The molecule has 2 rings (SSSR count). The van der Waals surface area contributed by atoms with Gasteiger partial charge in [-0.25, -0.2) is 9.59 Å². The first-order valence-electron chi connectivity index (χ1n) is 19.4. The molecule has 50 heavy (non-hydrogen) atoms. The minimum absolute atomic E-state index is 0.00203. The van der Waals surface area contributed by atoms with Crippen molar-refractivity contribution in [3.8, 4) is 0 Å². The van der Waals surface area contributed by atoms with Gasteiger partial charge in [-0.3, -0.25) is 0 Å². The molecular weight excluding hydrogens is 644 g/mol. The highest BCUT2D eigenvalue weighted by atomic mass is 16.6.